The lowest BCUT2D eigenvalue weighted by atomic mass is 10.1. The Bertz CT molecular complexity index is 446. The predicted octanol–water partition coefficient (Wildman–Crippen LogP) is 2.71. The van der Waals surface area contributed by atoms with E-state index in [2.05, 4.69) is 5.32 Å². The first-order valence-corrected chi connectivity index (χ1v) is 5.76. The van der Waals surface area contributed by atoms with E-state index in [4.69, 9.17) is 11.6 Å². The molecule has 1 rings (SSSR count). The molecule has 0 spiro atoms. The van der Waals surface area contributed by atoms with Crippen LogP contribution in [0.4, 0.5) is 14.9 Å². The van der Waals surface area contributed by atoms with Crippen molar-refractivity contribution < 1.29 is 14.3 Å². The third-order valence-corrected chi connectivity index (χ3v) is 2.47. The summed E-state index contributed by atoms with van der Waals surface area (Å²) in [5.41, 5.74) is -0.804. The van der Waals surface area contributed by atoms with Crippen LogP contribution in [0.25, 0.3) is 0 Å². The van der Waals surface area contributed by atoms with Crippen molar-refractivity contribution in [1.29, 1.82) is 0 Å². The van der Waals surface area contributed by atoms with Crippen LogP contribution in [0, 0.1) is 5.82 Å². The number of rotatable bonds is 3. The van der Waals surface area contributed by atoms with E-state index in [1.54, 1.807) is 13.8 Å². The fourth-order valence-corrected chi connectivity index (χ4v) is 1.62. The molecule has 1 aromatic carbocycles. The van der Waals surface area contributed by atoms with Gasteiger partial charge in [-0.1, -0.05) is 11.6 Å². The minimum Gasteiger partial charge on any atom is -0.389 e. The number of halogens is 2. The third-order valence-electron chi connectivity index (χ3n) is 2.14. The van der Waals surface area contributed by atoms with Crippen LogP contribution in [0.2, 0.25) is 5.02 Å². The average molecular weight is 275 g/mol. The second-order valence-corrected chi connectivity index (χ2v) is 5.13. The number of likely N-dealkylation sites (N-methyl/N-ethyl adjacent to an activating group) is 1. The van der Waals surface area contributed by atoms with Crippen LogP contribution in [0.1, 0.15) is 13.8 Å². The lowest BCUT2D eigenvalue weighted by molar-refractivity contribution is 0.0550. The summed E-state index contributed by atoms with van der Waals surface area (Å²) in [5.74, 6) is -0.486. The highest BCUT2D eigenvalue weighted by atomic mass is 35.5. The van der Waals surface area contributed by atoms with E-state index < -0.39 is 17.4 Å². The fourth-order valence-electron chi connectivity index (χ4n) is 1.46. The van der Waals surface area contributed by atoms with Gasteiger partial charge in [-0.3, -0.25) is 0 Å². The van der Waals surface area contributed by atoms with Crippen molar-refractivity contribution in [3.05, 3.63) is 29.0 Å². The van der Waals surface area contributed by atoms with Crippen LogP contribution in [0.15, 0.2) is 18.2 Å². The van der Waals surface area contributed by atoms with Crippen molar-refractivity contribution in [2.24, 2.45) is 0 Å². The number of anilines is 1. The molecule has 6 heteroatoms. The van der Waals surface area contributed by atoms with Gasteiger partial charge in [0, 0.05) is 7.05 Å². The van der Waals surface area contributed by atoms with Crippen molar-refractivity contribution in [3.8, 4) is 0 Å². The zero-order chi connectivity index (χ0) is 13.9. The van der Waals surface area contributed by atoms with Crippen molar-refractivity contribution >= 4 is 23.3 Å². The van der Waals surface area contributed by atoms with E-state index in [0.29, 0.717) is 0 Å². The number of aliphatic hydroxyl groups is 1. The van der Waals surface area contributed by atoms with E-state index in [9.17, 15) is 14.3 Å². The maximum atomic E-state index is 13.0. The summed E-state index contributed by atoms with van der Waals surface area (Å²) in [6.45, 7) is 3.32. The van der Waals surface area contributed by atoms with E-state index in [0.717, 1.165) is 6.07 Å². The summed E-state index contributed by atoms with van der Waals surface area (Å²) >= 11 is 5.83. The van der Waals surface area contributed by atoms with Crippen molar-refractivity contribution in [2.45, 2.75) is 19.4 Å². The Labute approximate surface area is 110 Å². The molecule has 18 heavy (non-hydrogen) atoms. The standard InChI is InChI=1S/C12H16ClFN2O2/c1-12(2,18)7-16(3)11(17)15-10-6-8(14)4-5-9(10)13/h4-6,18H,7H2,1-3H3,(H,15,17). The largest absolute Gasteiger partial charge is 0.389 e. The molecule has 2 amide bonds. The first kappa shape index (κ1) is 14.7. The molecular formula is C12H16ClFN2O2. The van der Waals surface area contributed by atoms with Gasteiger partial charge in [0.1, 0.15) is 5.82 Å². The van der Waals surface area contributed by atoms with Gasteiger partial charge in [-0.15, -0.1) is 0 Å². The Balaban J connectivity index is 2.72. The Morgan fingerprint density at radius 1 is 1.56 bits per heavy atom. The van der Waals surface area contributed by atoms with Gasteiger partial charge in [-0.05, 0) is 32.0 Å². The Hall–Kier alpha value is -1.33. The molecule has 0 unspecified atom stereocenters. The molecular weight excluding hydrogens is 259 g/mol. The number of urea groups is 1. The van der Waals surface area contributed by atoms with E-state index >= 15 is 0 Å². The molecule has 0 bridgehead atoms. The highest BCUT2D eigenvalue weighted by Gasteiger charge is 2.19. The summed E-state index contributed by atoms with van der Waals surface area (Å²) in [6.07, 6.45) is 0. The van der Waals surface area contributed by atoms with Crippen LogP contribution < -0.4 is 5.32 Å². The smallest absolute Gasteiger partial charge is 0.321 e. The van der Waals surface area contributed by atoms with Gasteiger partial charge in [0.05, 0.1) is 22.9 Å². The van der Waals surface area contributed by atoms with Gasteiger partial charge in [0.25, 0.3) is 0 Å². The monoisotopic (exact) mass is 274 g/mol. The maximum absolute atomic E-state index is 13.0. The van der Waals surface area contributed by atoms with Gasteiger partial charge in [-0.2, -0.15) is 0 Å². The van der Waals surface area contributed by atoms with Crippen LogP contribution in [-0.4, -0.2) is 35.2 Å². The number of amides is 2. The van der Waals surface area contributed by atoms with Gasteiger partial charge in [0.15, 0.2) is 0 Å². The third kappa shape index (κ3) is 4.50. The number of carbonyl (C=O) groups excluding carboxylic acids is 1. The molecule has 2 N–H and O–H groups in total. The molecule has 0 radical (unpaired) electrons. The molecule has 0 aromatic heterocycles. The molecule has 0 aliphatic carbocycles. The normalized spacial score (nSPS) is 11.2. The van der Waals surface area contributed by atoms with E-state index in [1.807, 2.05) is 0 Å². The molecule has 1 aromatic rings. The molecule has 100 valence electrons. The van der Waals surface area contributed by atoms with E-state index in [-0.39, 0.29) is 17.3 Å². The number of benzene rings is 1. The van der Waals surface area contributed by atoms with Crippen LogP contribution in [0.3, 0.4) is 0 Å². The van der Waals surface area contributed by atoms with Gasteiger partial charge in [-0.25, -0.2) is 9.18 Å². The molecule has 0 fully saturated rings. The summed E-state index contributed by atoms with van der Waals surface area (Å²) in [5, 5.41) is 12.3. The Morgan fingerprint density at radius 3 is 2.72 bits per heavy atom. The van der Waals surface area contributed by atoms with Crippen LogP contribution in [0.5, 0.6) is 0 Å². The highest BCUT2D eigenvalue weighted by molar-refractivity contribution is 6.33. The lowest BCUT2D eigenvalue weighted by Gasteiger charge is -2.25. The highest BCUT2D eigenvalue weighted by Crippen LogP contribution is 2.22. The number of hydrogen-bond acceptors (Lipinski definition) is 2. The molecule has 0 aliphatic rings. The van der Waals surface area contributed by atoms with Gasteiger partial charge >= 0.3 is 6.03 Å². The number of hydrogen-bond donors (Lipinski definition) is 2. The van der Waals surface area contributed by atoms with Crippen molar-refractivity contribution in [2.75, 3.05) is 18.9 Å². The summed E-state index contributed by atoms with van der Waals surface area (Å²) < 4.78 is 13.0. The number of nitrogens with zero attached hydrogens (tertiary/aromatic N) is 1. The topological polar surface area (TPSA) is 52.6 Å². The summed E-state index contributed by atoms with van der Waals surface area (Å²) in [4.78, 5) is 13.1. The van der Waals surface area contributed by atoms with Crippen LogP contribution >= 0.6 is 11.6 Å². The minimum absolute atomic E-state index is 0.145. The second-order valence-electron chi connectivity index (χ2n) is 4.72. The fraction of sp³-hybridized carbons (Fsp3) is 0.417. The zero-order valence-electron chi connectivity index (χ0n) is 10.5. The van der Waals surface area contributed by atoms with Crippen molar-refractivity contribution in [1.82, 2.24) is 4.90 Å². The molecule has 0 saturated carbocycles. The second kappa shape index (κ2) is 5.54. The summed E-state index contributed by atoms with van der Waals surface area (Å²) in [7, 11) is 1.53. The van der Waals surface area contributed by atoms with Crippen LogP contribution in [-0.2, 0) is 0 Å². The van der Waals surface area contributed by atoms with Gasteiger partial charge in [0.2, 0.25) is 0 Å². The molecule has 0 atom stereocenters. The molecule has 0 heterocycles. The maximum Gasteiger partial charge on any atom is 0.321 e. The zero-order valence-corrected chi connectivity index (χ0v) is 11.3. The quantitative estimate of drug-likeness (QED) is 0.890. The lowest BCUT2D eigenvalue weighted by Crippen LogP contribution is -2.41. The molecule has 0 aliphatic heterocycles. The first-order chi connectivity index (χ1) is 8.19. The molecule has 4 nitrogen and oxygen atoms in total. The predicted molar refractivity (Wildman–Crippen MR) is 69.4 cm³/mol. The van der Waals surface area contributed by atoms with Gasteiger partial charge < -0.3 is 15.3 Å². The SMILES string of the molecule is CN(CC(C)(C)O)C(=O)Nc1cc(F)ccc1Cl. The minimum atomic E-state index is -1.00. The summed E-state index contributed by atoms with van der Waals surface area (Å²) in [6, 6.07) is 3.24. The Morgan fingerprint density at radius 2 is 2.17 bits per heavy atom. The molecule has 0 saturated heterocycles. The number of nitrogens with one attached hydrogen (secondary N) is 1. The Kier molecular flexibility index (Phi) is 4.53. The average Bonchev–Trinajstić information content (AvgIpc) is 2.21. The van der Waals surface area contributed by atoms with E-state index in [1.165, 1.54) is 24.1 Å². The first-order valence-electron chi connectivity index (χ1n) is 5.38. The number of carbonyl (C=O) groups is 1. The van der Waals surface area contributed by atoms with Crippen molar-refractivity contribution in [3.63, 3.8) is 0 Å².